The van der Waals surface area contributed by atoms with Gasteiger partial charge in [-0.05, 0) is 114 Å². The molecule has 9 aromatic carbocycles. The Kier molecular flexibility index (Phi) is 8.80. The second-order valence-electron chi connectivity index (χ2n) is 19.8. The number of pyridine rings is 1. The first-order chi connectivity index (χ1) is 41.7. The predicted molar refractivity (Wildman–Crippen MR) is 299 cm³/mol. The van der Waals surface area contributed by atoms with Gasteiger partial charge in [-0.15, -0.1) is 29.7 Å². The zero-order valence-corrected chi connectivity index (χ0v) is 43.4. The molecule has 12 aromatic rings. The van der Waals surface area contributed by atoms with Crippen molar-refractivity contribution < 1.29 is 50.9 Å². The van der Waals surface area contributed by atoms with Crippen molar-refractivity contribution in [3.63, 3.8) is 0 Å². The van der Waals surface area contributed by atoms with Crippen molar-refractivity contribution in [1.82, 2.24) is 14.1 Å². The summed E-state index contributed by atoms with van der Waals surface area (Å²) in [7, 11) is 0. The van der Waals surface area contributed by atoms with Crippen molar-refractivity contribution in [2.75, 3.05) is 0 Å². The minimum atomic E-state index is -0.728. The minimum absolute atomic E-state index is 0. The third kappa shape index (κ3) is 9.07. The Morgan fingerprint density at radius 3 is 1.80 bits per heavy atom. The molecule has 0 amide bonds. The van der Waals surface area contributed by atoms with Gasteiger partial charge in [0.2, 0.25) is 0 Å². The van der Waals surface area contributed by atoms with Crippen LogP contribution < -0.4 is 9.30 Å². The average molecular weight is 1150 g/mol. The standard InChI is InChI=1S/C68H54N4O.Pt/c1-67(2,3)52-32-29-47(30-33-52)50-31-36-62-64(41-50)70(45-71(62)66-59(48-21-12-8-13-22-48)39-51(46-19-10-7-11-20-46)40-60(66)49-23-14-9-15-24-49)54-25-18-26-55(43-54)73-56-34-35-58-57-27-16-17-28-61(57)72(63(58)44-56)65-42-53(37-38-69-65)68(4,5)6;/h7-42H,1-6H3;/q-2;/i7D,8D,9D,10D,11D,12D,13D,14D,15D,19D,20D,21D,22D,23D,24D;. The van der Waals surface area contributed by atoms with Gasteiger partial charge in [0.05, 0.1) is 37.3 Å². The van der Waals surface area contributed by atoms with Crippen LogP contribution in [0.2, 0.25) is 0 Å². The van der Waals surface area contributed by atoms with Crippen LogP contribution in [0.25, 0.3) is 94.5 Å². The van der Waals surface area contributed by atoms with Crippen molar-refractivity contribution in [1.29, 1.82) is 0 Å². The average Bonchev–Trinajstić information content (AvgIpc) is 1.74. The topological polar surface area (TPSA) is 35.9 Å². The molecular weight excluding hydrogens is 1080 g/mol. The van der Waals surface area contributed by atoms with E-state index in [9.17, 15) is 5.48 Å². The fraction of sp³-hybridized carbons (Fsp3) is 0.118. The van der Waals surface area contributed by atoms with Gasteiger partial charge < -0.3 is 13.9 Å². The van der Waals surface area contributed by atoms with E-state index >= 15 is 0 Å². The number of hydrogen-bond donors (Lipinski definition) is 0. The van der Waals surface area contributed by atoms with Crippen LogP contribution in [-0.2, 0) is 31.9 Å². The number of imidazole rings is 1. The maximum atomic E-state index is 9.46. The SMILES string of the molecule is [2H]c1c([2H])c([2H])c(-c2cc(-c3c([2H])c([2H])c([2H])c([2H])c3[2H])c(-[n+]3[c-]n(-c4[c-]c(Oc5[c-]c6c(cc5)c5ccccc5n6-c5cc(C(C)(C)C)ccn5)ccc4)c4cc(-c5ccc(C(C)(C)C)cc5)ccc43)c(-c3c([2H])c([2H])c([2H])c([2H])c3[2H])c2)c([2H])c1[2H].[Pt]. The minimum Gasteiger partial charge on any atom is -0.510 e. The number of ether oxygens (including phenoxy) is 1. The summed E-state index contributed by atoms with van der Waals surface area (Å²) < 4.78 is 147. The molecule has 0 aliphatic rings. The Labute approximate surface area is 469 Å². The summed E-state index contributed by atoms with van der Waals surface area (Å²) in [4.78, 5) is 4.83. The summed E-state index contributed by atoms with van der Waals surface area (Å²) >= 11 is 0. The molecule has 0 saturated heterocycles. The summed E-state index contributed by atoms with van der Waals surface area (Å²) in [5.74, 6) is 1.34. The zero-order valence-electron chi connectivity index (χ0n) is 56.1. The van der Waals surface area contributed by atoms with Crippen LogP contribution in [0.5, 0.6) is 11.5 Å². The molecule has 0 spiro atoms. The molecule has 3 aromatic heterocycles. The second-order valence-corrected chi connectivity index (χ2v) is 19.8. The second kappa shape index (κ2) is 19.4. The van der Waals surface area contributed by atoms with E-state index in [4.69, 9.17) is 24.8 Å². The number of hydrogen-bond acceptors (Lipinski definition) is 2. The first-order valence-electron chi connectivity index (χ1n) is 31.3. The fourth-order valence-corrected chi connectivity index (χ4v) is 9.28. The third-order valence-electron chi connectivity index (χ3n) is 13.0. The molecule has 0 aliphatic heterocycles. The van der Waals surface area contributed by atoms with Gasteiger partial charge in [0.15, 0.2) is 0 Å². The van der Waals surface area contributed by atoms with Crippen LogP contribution in [0.15, 0.2) is 218 Å². The number of para-hydroxylation sites is 1. The predicted octanol–water partition coefficient (Wildman–Crippen LogP) is 16.9. The van der Waals surface area contributed by atoms with E-state index in [-0.39, 0.29) is 65.6 Å². The van der Waals surface area contributed by atoms with Crippen molar-refractivity contribution in [3.8, 4) is 73.2 Å². The van der Waals surface area contributed by atoms with E-state index in [0.717, 1.165) is 44.1 Å². The van der Waals surface area contributed by atoms with E-state index < -0.39 is 102 Å². The summed E-state index contributed by atoms with van der Waals surface area (Å²) in [5.41, 5.74) is 4.50. The van der Waals surface area contributed by atoms with E-state index in [1.165, 1.54) is 16.7 Å². The number of fused-ring (bicyclic) bond motifs is 4. The Balaban J connectivity index is 0.00000817. The Morgan fingerprint density at radius 2 is 1.14 bits per heavy atom. The maximum absolute atomic E-state index is 9.46. The molecule has 364 valence electrons. The molecule has 0 N–H and O–H groups in total. The fourth-order valence-electron chi connectivity index (χ4n) is 9.28. The van der Waals surface area contributed by atoms with E-state index in [1.807, 2.05) is 60.7 Å². The molecule has 74 heavy (non-hydrogen) atoms. The molecule has 6 heteroatoms. The van der Waals surface area contributed by atoms with Gasteiger partial charge in [-0.2, -0.15) is 18.2 Å². The first-order valence-corrected chi connectivity index (χ1v) is 23.8. The quantitative estimate of drug-likeness (QED) is 0.107. The van der Waals surface area contributed by atoms with Crippen molar-refractivity contribution >= 4 is 32.8 Å². The summed E-state index contributed by atoms with van der Waals surface area (Å²) in [6, 6.07) is 34.0. The first kappa shape index (κ1) is 33.6. The number of nitrogens with zero attached hydrogens (tertiary/aromatic N) is 4. The van der Waals surface area contributed by atoms with Crippen LogP contribution in [0.4, 0.5) is 0 Å². The Morgan fingerprint density at radius 1 is 0.514 bits per heavy atom. The third-order valence-corrected chi connectivity index (χ3v) is 13.0. The van der Waals surface area contributed by atoms with Gasteiger partial charge in [0.1, 0.15) is 5.82 Å². The Hall–Kier alpha value is -8.11. The number of aromatic nitrogens is 4. The van der Waals surface area contributed by atoms with Gasteiger partial charge in [-0.1, -0.05) is 192 Å². The number of rotatable bonds is 9. The smallest absolute Gasteiger partial charge is 0.268 e. The number of benzene rings is 9. The maximum Gasteiger partial charge on any atom is 0.268 e. The van der Waals surface area contributed by atoms with Crippen LogP contribution in [-0.4, -0.2) is 14.1 Å². The molecular formula is C68H54N4OPt-2. The molecule has 5 nitrogen and oxygen atoms in total. The van der Waals surface area contributed by atoms with Crippen molar-refractivity contribution in [3.05, 3.63) is 248 Å². The molecule has 12 rings (SSSR count). The molecule has 0 radical (unpaired) electrons. The molecule has 3 heterocycles. The van der Waals surface area contributed by atoms with Gasteiger partial charge >= 0.3 is 0 Å². The van der Waals surface area contributed by atoms with Gasteiger partial charge in [0, 0.05) is 44.3 Å². The van der Waals surface area contributed by atoms with Crippen LogP contribution in [0.1, 0.15) is 73.2 Å². The van der Waals surface area contributed by atoms with Gasteiger partial charge in [-0.25, -0.2) is 4.98 Å². The summed E-state index contributed by atoms with van der Waals surface area (Å²) in [6.07, 6.45) is 5.26. The normalized spacial score (nSPS) is 14.6. The largest absolute Gasteiger partial charge is 0.510 e. The monoisotopic (exact) mass is 1150 g/mol. The van der Waals surface area contributed by atoms with E-state index in [0.29, 0.717) is 28.3 Å². The van der Waals surface area contributed by atoms with Crippen molar-refractivity contribution in [2.24, 2.45) is 0 Å². The Bertz CT molecular complexity index is 4750. The van der Waals surface area contributed by atoms with Gasteiger partial charge in [0.25, 0.3) is 6.33 Å². The zero-order chi connectivity index (χ0) is 62.9. The van der Waals surface area contributed by atoms with E-state index in [2.05, 4.69) is 88.8 Å². The van der Waals surface area contributed by atoms with Crippen LogP contribution in [0.3, 0.4) is 0 Å². The molecule has 0 aliphatic carbocycles. The summed E-state index contributed by atoms with van der Waals surface area (Å²) in [5, 5.41) is 1.93. The van der Waals surface area contributed by atoms with Crippen LogP contribution in [0, 0.1) is 18.5 Å². The molecule has 0 atom stereocenters. The van der Waals surface area contributed by atoms with E-state index in [1.54, 1.807) is 35.0 Å². The molecule has 0 fully saturated rings. The molecule has 0 saturated carbocycles. The molecule has 0 unspecified atom stereocenters. The summed E-state index contributed by atoms with van der Waals surface area (Å²) in [6.45, 7) is 12.8. The molecule has 0 bridgehead atoms. The van der Waals surface area contributed by atoms with Gasteiger partial charge in [-0.3, -0.25) is 4.57 Å². The van der Waals surface area contributed by atoms with Crippen LogP contribution >= 0.6 is 0 Å². The van der Waals surface area contributed by atoms with Crippen molar-refractivity contribution in [2.45, 2.75) is 52.4 Å².